The van der Waals surface area contributed by atoms with Crippen LogP contribution in [0.1, 0.15) is 31.2 Å². The van der Waals surface area contributed by atoms with Crippen molar-refractivity contribution in [3.05, 3.63) is 35.4 Å². The second-order valence-electron chi connectivity index (χ2n) is 6.17. The lowest BCUT2D eigenvalue weighted by Crippen LogP contribution is -2.51. The maximum Gasteiger partial charge on any atom is 0.305 e. The second kappa shape index (κ2) is 6.62. The average molecular weight is 327 g/mol. The Morgan fingerprint density at radius 3 is 2.74 bits per heavy atom. The number of carboxylic acid groups (broad SMARTS) is 1. The zero-order valence-corrected chi connectivity index (χ0v) is 12.9. The standard InChI is InChI=1S/C16H19F2NO4/c1-16(8-23-2,7-14(20)21)19-15(22)12-6-10(12)11-5-9(17)3-4-13(11)18/h3-5,10,12H,6-8H2,1-2H3,(H,19,22)(H,20,21). The molecule has 1 amide bonds. The second-order valence-corrected chi connectivity index (χ2v) is 6.17. The van der Waals surface area contributed by atoms with Gasteiger partial charge in [-0.05, 0) is 43.0 Å². The first-order chi connectivity index (χ1) is 10.8. The number of nitrogens with one attached hydrogen (secondary N) is 1. The van der Waals surface area contributed by atoms with Crippen LogP contribution in [0.2, 0.25) is 0 Å². The smallest absolute Gasteiger partial charge is 0.305 e. The maximum atomic E-state index is 13.7. The molecule has 1 fully saturated rings. The van der Waals surface area contributed by atoms with Crippen molar-refractivity contribution >= 4 is 11.9 Å². The Bertz CT molecular complexity index is 622. The number of aliphatic carboxylic acids is 1. The van der Waals surface area contributed by atoms with E-state index in [4.69, 9.17) is 9.84 Å². The van der Waals surface area contributed by atoms with Crippen LogP contribution < -0.4 is 5.32 Å². The van der Waals surface area contributed by atoms with Crippen LogP contribution in [0.3, 0.4) is 0 Å². The SMILES string of the molecule is COCC(C)(CC(=O)O)NC(=O)C1CC1c1cc(F)ccc1F. The van der Waals surface area contributed by atoms with Gasteiger partial charge in [0, 0.05) is 13.0 Å². The molecule has 1 aromatic rings. The van der Waals surface area contributed by atoms with Crippen molar-refractivity contribution in [2.75, 3.05) is 13.7 Å². The van der Waals surface area contributed by atoms with E-state index < -0.39 is 29.1 Å². The molecule has 0 radical (unpaired) electrons. The van der Waals surface area contributed by atoms with E-state index in [0.717, 1.165) is 18.2 Å². The number of benzene rings is 1. The Morgan fingerprint density at radius 2 is 2.13 bits per heavy atom. The number of rotatable bonds is 7. The van der Waals surface area contributed by atoms with E-state index in [9.17, 15) is 18.4 Å². The van der Waals surface area contributed by atoms with E-state index >= 15 is 0 Å². The van der Waals surface area contributed by atoms with Crippen molar-refractivity contribution in [2.45, 2.75) is 31.2 Å². The normalized spacial score (nSPS) is 22.3. The molecule has 3 atom stereocenters. The van der Waals surface area contributed by atoms with Crippen LogP contribution in [0, 0.1) is 17.6 Å². The molecule has 0 heterocycles. The van der Waals surface area contributed by atoms with E-state index in [1.807, 2.05) is 0 Å². The summed E-state index contributed by atoms with van der Waals surface area (Å²) >= 11 is 0. The minimum atomic E-state index is -1.06. The molecule has 0 spiro atoms. The number of halogens is 2. The number of methoxy groups -OCH3 is 1. The van der Waals surface area contributed by atoms with Crippen molar-refractivity contribution in [1.29, 1.82) is 0 Å². The van der Waals surface area contributed by atoms with Crippen LogP contribution in [0.15, 0.2) is 18.2 Å². The van der Waals surface area contributed by atoms with Gasteiger partial charge in [0.1, 0.15) is 11.6 Å². The first-order valence-corrected chi connectivity index (χ1v) is 7.23. The number of carbonyl (C=O) groups excluding carboxylic acids is 1. The molecule has 0 bridgehead atoms. The summed E-state index contributed by atoms with van der Waals surface area (Å²) in [5.41, 5.74) is -0.873. The molecule has 0 saturated heterocycles. The Kier molecular flexibility index (Phi) is 4.99. The molecule has 23 heavy (non-hydrogen) atoms. The van der Waals surface area contributed by atoms with Gasteiger partial charge in [-0.25, -0.2) is 8.78 Å². The van der Waals surface area contributed by atoms with Gasteiger partial charge in [0.15, 0.2) is 0 Å². The first-order valence-electron chi connectivity index (χ1n) is 7.23. The Balaban J connectivity index is 2.04. The molecule has 1 aliphatic rings. The number of amides is 1. The molecule has 1 aliphatic carbocycles. The molecule has 1 aromatic carbocycles. The molecule has 5 nitrogen and oxygen atoms in total. The van der Waals surface area contributed by atoms with Crippen LogP contribution >= 0.6 is 0 Å². The van der Waals surface area contributed by atoms with E-state index in [1.54, 1.807) is 6.92 Å². The first kappa shape index (κ1) is 17.3. The maximum absolute atomic E-state index is 13.7. The third-order valence-electron chi connectivity index (χ3n) is 3.91. The third-order valence-corrected chi connectivity index (χ3v) is 3.91. The highest BCUT2D eigenvalue weighted by molar-refractivity contribution is 5.84. The summed E-state index contributed by atoms with van der Waals surface area (Å²) in [4.78, 5) is 23.2. The van der Waals surface area contributed by atoms with Gasteiger partial charge >= 0.3 is 5.97 Å². The van der Waals surface area contributed by atoms with E-state index in [1.165, 1.54) is 7.11 Å². The van der Waals surface area contributed by atoms with Gasteiger partial charge in [0.05, 0.1) is 18.6 Å². The predicted molar refractivity (Wildman–Crippen MR) is 77.9 cm³/mol. The van der Waals surface area contributed by atoms with Crippen molar-refractivity contribution in [1.82, 2.24) is 5.32 Å². The van der Waals surface area contributed by atoms with Gasteiger partial charge in [-0.2, -0.15) is 0 Å². The molecule has 2 rings (SSSR count). The molecule has 126 valence electrons. The minimum Gasteiger partial charge on any atom is -0.481 e. The molecule has 0 aromatic heterocycles. The highest BCUT2D eigenvalue weighted by Crippen LogP contribution is 2.48. The van der Waals surface area contributed by atoms with Crippen LogP contribution in [0.5, 0.6) is 0 Å². The summed E-state index contributed by atoms with van der Waals surface area (Å²) in [7, 11) is 1.41. The fraction of sp³-hybridized carbons (Fsp3) is 0.500. The van der Waals surface area contributed by atoms with Gasteiger partial charge in [-0.15, -0.1) is 0 Å². The monoisotopic (exact) mass is 327 g/mol. The summed E-state index contributed by atoms with van der Waals surface area (Å²) in [5.74, 6) is -3.41. The topological polar surface area (TPSA) is 75.6 Å². The summed E-state index contributed by atoms with van der Waals surface area (Å²) in [6.07, 6.45) is 0.112. The number of carbonyl (C=O) groups is 2. The average Bonchev–Trinajstić information content (AvgIpc) is 3.20. The van der Waals surface area contributed by atoms with Crippen molar-refractivity contribution in [3.8, 4) is 0 Å². The molecule has 7 heteroatoms. The fourth-order valence-corrected chi connectivity index (χ4v) is 2.80. The van der Waals surface area contributed by atoms with Crippen LogP contribution in [-0.4, -0.2) is 36.2 Å². The Hall–Kier alpha value is -2.02. The molecule has 3 unspecified atom stereocenters. The zero-order valence-electron chi connectivity index (χ0n) is 12.9. The molecule has 2 N–H and O–H groups in total. The highest BCUT2D eigenvalue weighted by Gasteiger charge is 2.47. The van der Waals surface area contributed by atoms with Crippen molar-refractivity contribution < 1.29 is 28.2 Å². The number of carboxylic acids is 1. The molecule has 1 saturated carbocycles. The van der Waals surface area contributed by atoms with Crippen LogP contribution in [0.25, 0.3) is 0 Å². The largest absolute Gasteiger partial charge is 0.481 e. The minimum absolute atomic E-state index is 0.0384. The van der Waals surface area contributed by atoms with Gasteiger partial charge in [-0.3, -0.25) is 9.59 Å². The van der Waals surface area contributed by atoms with E-state index in [0.29, 0.717) is 6.42 Å². The van der Waals surface area contributed by atoms with Crippen molar-refractivity contribution in [3.63, 3.8) is 0 Å². The third kappa shape index (κ3) is 4.25. The summed E-state index contributed by atoms with van der Waals surface area (Å²) in [6.45, 7) is 1.61. The number of hydrogen-bond acceptors (Lipinski definition) is 3. The number of ether oxygens (including phenoxy) is 1. The van der Waals surface area contributed by atoms with E-state index in [-0.39, 0.29) is 30.4 Å². The molecular weight excluding hydrogens is 308 g/mol. The Morgan fingerprint density at radius 1 is 1.43 bits per heavy atom. The lowest BCUT2D eigenvalue weighted by molar-refractivity contribution is -0.139. The van der Waals surface area contributed by atoms with Crippen molar-refractivity contribution in [2.24, 2.45) is 5.92 Å². The summed E-state index contributed by atoms with van der Waals surface area (Å²) < 4.78 is 31.9. The predicted octanol–water partition coefficient (Wildman–Crippen LogP) is 2.06. The number of hydrogen-bond donors (Lipinski definition) is 2. The van der Waals surface area contributed by atoms with Gasteiger partial charge < -0.3 is 15.2 Å². The highest BCUT2D eigenvalue weighted by atomic mass is 19.1. The lowest BCUT2D eigenvalue weighted by Gasteiger charge is -2.28. The zero-order chi connectivity index (χ0) is 17.2. The quantitative estimate of drug-likeness (QED) is 0.804. The van der Waals surface area contributed by atoms with E-state index in [2.05, 4.69) is 5.32 Å². The van der Waals surface area contributed by atoms with Crippen LogP contribution in [0.4, 0.5) is 8.78 Å². The molecule has 0 aliphatic heterocycles. The Labute approximate surface area is 132 Å². The van der Waals surface area contributed by atoms with Gasteiger partial charge in [-0.1, -0.05) is 0 Å². The fourth-order valence-electron chi connectivity index (χ4n) is 2.80. The van der Waals surface area contributed by atoms with Gasteiger partial charge in [0.25, 0.3) is 0 Å². The lowest BCUT2D eigenvalue weighted by atomic mass is 9.98. The van der Waals surface area contributed by atoms with Crippen LogP contribution in [-0.2, 0) is 14.3 Å². The molecular formula is C16H19F2NO4. The summed E-state index contributed by atoms with van der Waals surface area (Å²) in [5, 5.41) is 11.6. The van der Waals surface area contributed by atoms with Gasteiger partial charge in [0.2, 0.25) is 5.91 Å². The summed E-state index contributed by atoms with van der Waals surface area (Å²) in [6, 6.07) is 3.16.